The molecule has 0 N–H and O–H groups in total. The van der Waals surface area contributed by atoms with Gasteiger partial charge in [0.25, 0.3) is 0 Å². The van der Waals surface area contributed by atoms with E-state index >= 15 is 0 Å². The van der Waals surface area contributed by atoms with Crippen LogP contribution in [0.25, 0.3) is 6.08 Å². The van der Waals surface area contributed by atoms with Gasteiger partial charge in [0.15, 0.2) is 0 Å². The maximum atomic E-state index is 4.23. The summed E-state index contributed by atoms with van der Waals surface area (Å²) in [7, 11) is 0. The first-order valence-corrected chi connectivity index (χ1v) is 3.96. The molecule has 10 heavy (non-hydrogen) atoms. The molecule has 1 nitrogen and oxygen atoms in total. The molecule has 0 aromatic carbocycles. The minimum absolute atomic E-state index is 1.03. The third-order valence-electron chi connectivity index (χ3n) is 1.58. The van der Waals surface area contributed by atoms with Crippen LogP contribution in [0.3, 0.4) is 0 Å². The molecule has 0 saturated carbocycles. The molecule has 0 radical (unpaired) electrons. The quantitative estimate of drug-likeness (QED) is 0.620. The zero-order valence-electron chi connectivity index (χ0n) is 5.34. The largest absolute Gasteiger partial charge is 0.255 e. The van der Waals surface area contributed by atoms with Gasteiger partial charge < -0.3 is 0 Å². The van der Waals surface area contributed by atoms with Crippen LogP contribution in [0.4, 0.5) is 0 Å². The lowest BCUT2D eigenvalue weighted by Gasteiger charge is -1.95. The highest BCUT2D eigenvalue weighted by Crippen LogP contribution is 2.20. The van der Waals surface area contributed by atoms with E-state index in [0.717, 1.165) is 16.6 Å². The van der Waals surface area contributed by atoms with Crippen LogP contribution in [0.2, 0.25) is 0 Å². The predicted octanol–water partition coefficient (Wildman–Crippen LogP) is 2.41. The predicted molar refractivity (Wildman–Crippen MR) is 44.7 cm³/mol. The van der Waals surface area contributed by atoms with Gasteiger partial charge in [-0.2, -0.15) is 0 Å². The van der Waals surface area contributed by atoms with Crippen LogP contribution in [0.1, 0.15) is 11.3 Å². The van der Waals surface area contributed by atoms with Crippen molar-refractivity contribution >= 4 is 22.0 Å². The molecular weight excluding hydrogens is 190 g/mol. The third kappa shape index (κ3) is 0.886. The van der Waals surface area contributed by atoms with Gasteiger partial charge in [-0.3, -0.25) is 4.98 Å². The summed E-state index contributed by atoms with van der Waals surface area (Å²) in [5, 5.41) is 0. The van der Waals surface area contributed by atoms with Gasteiger partial charge in [0.2, 0.25) is 0 Å². The molecule has 0 atom stereocenters. The summed E-state index contributed by atoms with van der Waals surface area (Å²) in [4.78, 5) is 4.23. The van der Waals surface area contributed by atoms with E-state index in [1.165, 1.54) is 5.56 Å². The number of nitrogens with zero attached hydrogens (tertiary/aromatic N) is 1. The van der Waals surface area contributed by atoms with Gasteiger partial charge in [-0.05, 0) is 40.1 Å². The van der Waals surface area contributed by atoms with Crippen molar-refractivity contribution in [2.45, 2.75) is 6.42 Å². The Bertz CT molecular complexity index is 291. The fraction of sp³-hybridized carbons (Fsp3) is 0.125. The molecule has 1 aliphatic carbocycles. The van der Waals surface area contributed by atoms with Gasteiger partial charge in [0, 0.05) is 10.7 Å². The van der Waals surface area contributed by atoms with Gasteiger partial charge in [-0.15, -0.1) is 0 Å². The number of halogens is 1. The zero-order chi connectivity index (χ0) is 6.97. The maximum absolute atomic E-state index is 4.23. The smallest absolute Gasteiger partial charge is 0.0662 e. The average molecular weight is 196 g/mol. The molecule has 0 bridgehead atoms. The lowest BCUT2D eigenvalue weighted by molar-refractivity contribution is 1.20. The molecule has 0 unspecified atom stereocenters. The summed E-state index contributed by atoms with van der Waals surface area (Å²) in [6.45, 7) is 0. The maximum Gasteiger partial charge on any atom is 0.0662 e. The van der Waals surface area contributed by atoms with Crippen LogP contribution in [0.15, 0.2) is 22.8 Å². The van der Waals surface area contributed by atoms with Crippen LogP contribution in [0, 0.1) is 0 Å². The van der Waals surface area contributed by atoms with E-state index in [-0.39, 0.29) is 0 Å². The van der Waals surface area contributed by atoms with Crippen LogP contribution in [-0.4, -0.2) is 4.98 Å². The SMILES string of the molecule is Brc1cnc2c(c1)CC=C2. The fourth-order valence-corrected chi connectivity index (χ4v) is 1.48. The Kier molecular flexibility index (Phi) is 1.34. The van der Waals surface area contributed by atoms with Crippen molar-refractivity contribution in [1.82, 2.24) is 4.98 Å². The highest BCUT2D eigenvalue weighted by atomic mass is 79.9. The Morgan fingerprint density at radius 1 is 1.50 bits per heavy atom. The minimum atomic E-state index is 1.03. The number of hydrogen-bond acceptors (Lipinski definition) is 1. The van der Waals surface area contributed by atoms with Gasteiger partial charge >= 0.3 is 0 Å². The van der Waals surface area contributed by atoms with Crippen LogP contribution < -0.4 is 0 Å². The van der Waals surface area contributed by atoms with Gasteiger partial charge in [-0.25, -0.2) is 0 Å². The van der Waals surface area contributed by atoms with E-state index < -0.39 is 0 Å². The number of allylic oxidation sites excluding steroid dienone is 1. The second-order valence-electron chi connectivity index (χ2n) is 2.30. The summed E-state index contributed by atoms with van der Waals surface area (Å²) in [6, 6.07) is 2.11. The molecule has 1 aliphatic rings. The molecule has 1 aromatic heterocycles. The van der Waals surface area contributed by atoms with E-state index in [4.69, 9.17) is 0 Å². The first-order chi connectivity index (χ1) is 4.86. The second kappa shape index (κ2) is 2.20. The van der Waals surface area contributed by atoms with E-state index in [0.29, 0.717) is 0 Å². The average Bonchev–Trinajstić information content (AvgIpc) is 2.33. The van der Waals surface area contributed by atoms with Crippen molar-refractivity contribution in [1.29, 1.82) is 0 Å². The number of pyridine rings is 1. The zero-order valence-corrected chi connectivity index (χ0v) is 6.93. The van der Waals surface area contributed by atoms with E-state index in [9.17, 15) is 0 Å². The number of aromatic nitrogens is 1. The van der Waals surface area contributed by atoms with Gasteiger partial charge in [-0.1, -0.05) is 6.08 Å². The molecule has 0 amide bonds. The van der Waals surface area contributed by atoms with Crippen LogP contribution in [-0.2, 0) is 6.42 Å². The van der Waals surface area contributed by atoms with Crippen molar-refractivity contribution in [3.05, 3.63) is 34.1 Å². The van der Waals surface area contributed by atoms with Crippen LogP contribution >= 0.6 is 15.9 Å². The van der Waals surface area contributed by atoms with Crippen molar-refractivity contribution in [2.24, 2.45) is 0 Å². The Morgan fingerprint density at radius 3 is 3.30 bits per heavy atom. The molecule has 1 aromatic rings. The van der Waals surface area contributed by atoms with Gasteiger partial charge in [0.05, 0.1) is 5.69 Å². The lowest BCUT2D eigenvalue weighted by atomic mass is 10.2. The van der Waals surface area contributed by atoms with Gasteiger partial charge in [0.1, 0.15) is 0 Å². The summed E-state index contributed by atoms with van der Waals surface area (Å²) in [5.41, 5.74) is 2.43. The molecule has 0 aliphatic heterocycles. The van der Waals surface area contributed by atoms with Crippen molar-refractivity contribution in [3.8, 4) is 0 Å². The lowest BCUT2D eigenvalue weighted by Crippen LogP contribution is -1.84. The third-order valence-corrected chi connectivity index (χ3v) is 2.02. The summed E-state index contributed by atoms with van der Waals surface area (Å²) in [6.07, 6.45) is 7.04. The van der Waals surface area contributed by atoms with Crippen molar-refractivity contribution < 1.29 is 0 Å². The molecule has 2 rings (SSSR count). The normalized spacial score (nSPS) is 13.7. The number of hydrogen-bond donors (Lipinski definition) is 0. The number of fused-ring (bicyclic) bond motifs is 1. The second-order valence-corrected chi connectivity index (χ2v) is 3.22. The van der Waals surface area contributed by atoms with E-state index in [1.54, 1.807) is 0 Å². The standard InChI is InChI=1S/C8H6BrN/c9-7-4-6-2-1-3-8(6)10-5-7/h1,3-5H,2H2. The molecular formula is C8H6BrN. The molecule has 0 fully saturated rings. The Morgan fingerprint density at radius 2 is 2.40 bits per heavy atom. The van der Waals surface area contributed by atoms with Crippen molar-refractivity contribution in [3.63, 3.8) is 0 Å². The van der Waals surface area contributed by atoms with E-state index in [1.807, 2.05) is 6.20 Å². The highest BCUT2D eigenvalue weighted by molar-refractivity contribution is 9.10. The summed E-state index contributed by atoms with van der Waals surface area (Å²) < 4.78 is 1.06. The fourth-order valence-electron chi connectivity index (χ4n) is 1.10. The molecule has 1 heterocycles. The summed E-state index contributed by atoms with van der Waals surface area (Å²) >= 11 is 3.37. The Labute approximate surface area is 67.9 Å². The molecule has 50 valence electrons. The first kappa shape index (κ1) is 6.10. The Balaban J connectivity index is 2.59. The first-order valence-electron chi connectivity index (χ1n) is 3.17. The minimum Gasteiger partial charge on any atom is -0.255 e. The summed E-state index contributed by atoms with van der Waals surface area (Å²) in [5.74, 6) is 0. The monoisotopic (exact) mass is 195 g/mol. The molecule has 0 spiro atoms. The Hall–Kier alpha value is -0.630. The molecule has 0 saturated heterocycles. The topological polar surface area (TPSA) is 12.9 Å². The molecule has 2 heteroatoms. The van der Waals surface area contributed by atoms with Crippen molar-refractivity contribution in [2.75, 3.05) is 0 Å². The van der Waals surface area contributed by atoms with Crippen LogP contribution in [0.5, 0.6) is 0 Å². The van der Waals surface area contributed by atoms with E-state index in [2.05, 4.69) is 39.1 Å². The highest BCUT2D eigenvalue weighted by Gasteiger charge is 2.04. The number of rotatable bonds is 0.